The molecule has 41 heavy (non-hydrogen) atoms. The number of carbonyl (C=O) groups is 2. The fourth-order valence-corrected chi connectivity index (χ4v) is 7.15. The van der Waals surface area contributed by atoms with Crippen molar-refractivity contribution in [3.05, 3.63) is 28.7 Å². The second-order valence-electron chi connectivity index (χ2n) is 13.9. The van der Waals surface area contributed by atoms with E-state index in [2.05, 4.69) is 55.1 Å². The van der Waals surface area contributed by atoms with Gasteiger partial charge >= 0.3 is 0 Å². The maximum Gasteiger partial charge on any atom is 0.245 e. The number of halogens is 1. The van der Waals surface area contributed by atoms with E-state index >= 15 is 0 Å². The molecule has 230 valence electrons. The number of rotatable bonds is 10. The lowest BCUT2D eigenvalue weighted by molar-refractivity contribution is -0.171. The van der Waals surface area contributed by atoms with Crippen molar-refractivity contribution in [1.29, 1.82) is 0 Å². The lowest BCUT2D eigenvalue weighted by atomic mass is 9.88. The molecule has 4 rings (SSSR count). The highest BCUT2D eigenvalue weighted by atomic mass is 79.9. The lowest BCUT2D eigenvalue weighted by Gasteiger charge is -2.37. The minimum absolute atomic E-state index is 0.0322. The van der Waals surface area contributed by atoms with Crippen LogP contribution in [-0.2, 0) is 23.5 Å². The molecule has 0 bridgehead atoms. The molecule has 3 aliphatic rings. The highest BCUT2D eigenvalue weighted by molar-refractivity contribution is 9.10. The molecule has 4 atom stereocenters. The molecule has 2 amide bonds. The minimum Gasteiger partial charge on any atom is -0.493 e. The average Bonchev–Trinajstić information content (AvgIpc) is 3.39. The normalized spacial score (nSPS) is 25.6. The summed E-state index contributed by atoms with van der Waals surface area (Å²) in [7, 11) is -2.01. The van der Waals surface area contributed by atoms with Gasteiger partial charge in [0.15, 0.2) is 14.1 Å². The number of hydrogen-bond donors (Lipinski definition) is 1. The third-order valence-electron chi connectivity index (χ3n) is 9.08. The number of fused-ring (bicyclic) bond motifs is 1. The van der Waals surface area contributed by atoms with E-state index < -0.39 is 26.3 Å². The Balaban J connectivity index is 1.46. The predicted octanol–water partition coefficient (Wildman–Crippen LogP) is 5.89. The topological polar surface area (TPSA) is 86.3 Å². The van der Waals surface area contributed by atoms with E-state index in [9.17, 15) is 9.59 Å². The van der Waals surface area contributed by atoms with E-state index in [1.54, 1.807) is 4.90 Å². The van der Waals surface area contributed by atoms with Crippen molar-refractivity contribution in [3.63, 3.8) is 0 Å². The van der Waals surface area contributed by atoms with Crippen LogP contribution in [0.15, 0.2) is 28.7 Å². The van der Waals surface area contributed by atoms with Crippen LogP contribution in [-0.4, -0.2) is 75.4 Å². The Morgan fingerprint density at radius 1 is 1.15 bits per heavy atom. The van der Waals surface area contributed by atoms with Crippen LogP contribution in [0.25, 0.3) is 0 Å². The number of ether oxygens (including phenoxy) is 3. The molecule has 2 heterocycles. The molecule has 1 N–H and O–H groups in total. The van der Waals surface area contributed by atoms with Crippen LogP contribution in [0.3, 0.4) is 0 Å². The quantitative estimate of drug-likeness (QED) is 0.317. The van der Waals surface area contributed by atoms with Crippen molar-refractivity contribution in [2.45, 2.75) is 109 Å². The fraction of sp³-hybridized carbons (Fsp3) is 0.742. The summed E-state index contributed by atoms with van der Waals surface area (Å²) in [6.45, 7) is 16.4. The first kappa shape index (κ1) is 32.5. The summed E-state index contributed by atoms with van der Waals surface area (Å²) in [6.07, 6.45) is 4.24. The van der Waals surface area contributed by atoms with E-state index in [1.807, 2.05) is 38.1 Å². The largest absolute Gasteiger partial charge is 0.493 e. The number of nitrogens with one attached hydrogen (secondary N) is 1. The van der Waals surface area contributed by atoms with Gasteiger partial charge in [-0.2, -0.15) is 0 Å². The van der Waals surface area contributed by atoms with Crippen LogP contribution < -0.4 is 10.1 Å². The van der Waals surface area contributed by atoms with Crippen molar-refractivity contribution in [2.24, 2.45) is 11.8 Å². The molecule has 1 saturated carbocycles. The number of amides is 2. The van der Waals surface area contributed by atoms with Crippen molar-refractivity contribution < 1.29 is 28.2 Å². The number of hydrogen-bond acceptors (Lipinski definition) is 6. The van der Waals surface area contributed by atoms with Gasteiger partial charge in [-0.25, -0.2) is 0 Å². The van der Waals surface area contributed by atoms with Crippen molar-refractivity contribution in [3.8, 4) is 5.75 Å². The van der Waals surface area contributed by atoms with Gasteiger partial charge in [-0.1, -0.05) is 62.0 Å². The zero-order valence-electron chi connectivity index (χ0n) is 25.8. The second kappa shape index (κ2) is 13.0. The van der Waals surface area contributed by atoms with E-state index in [1.165, 1.54) is 6.42 Å². The first-order chi connectivity index (χ1) is 19.2. The monoisotopic (exact) mass is 652 g/mol. The van der Waals surface area contributed by atoms with E-state index in [0.717, 1.165) is 35.9 Å². The summed E-state index contributed by atoms with van der Waals surface area (Å²) in [5.74, 6) is -0.294. The van der Waals surface area contributed by atoms with Gasteiger partial charge in [0, 0.05) is 29.5 Å². The first-order valence-corrected chi connectivity index (χ1v) is 18.8. The third-order valence-corrected chi connectivity index (χ3v) is 14.1. The number of nitrogens with zero attached hydrogens (tertiary/aromatic N) is 1. The summed E-state index contributed by atoms with van der Waals surface area (Å²) in [5, 5.41) is 3.22. The predicted molar refractivity (Wildman–Crippen MR) is 165 cm³/mol. The molecule has 10 heteroatoms. The zero-order valence-corrected chi connectivity index (χ0v) is 28.4. The molecule has 0 aromatic heterocycles. The van der Waals surface area contributed by atoms with Gasteiger partial charge < -0.3 is 28.9 Å². The maximum absolute atomic E-state index is 13.9. The van der Waals surface area contributed by atoms with Crippen LogP contribution in [0.4, 0.5) is 0 Å². The Hall–Kier alpha value is -1.46. The maximum atomic E-state index is 13.9. The fourth-order valence-electron chi connectivity index (χ4n) is 5.69. The van der Waals surface area contributed by atoms with E-state index in [-0.39, 0.29) is 34.8 Å². The summed E-state index contributed by atoms with van der Waals surface area (Å²) >= 11 is 3.50. The van der Waals surface area contributed by atoms with Gasteiger partial charge in [0.1, 0.15) is 24.0 Å². The first-order valence-electron chi connectivity index (χ1n) is 15.1. The van der Waals surface area contributed by atoms with Crippen molar-refractivity contribution >= 4 is 36.1 Å². The van der Waals surface area contributed by atoms with Gasteiger partial charge in [0.2, 0.25) is 11.8 Å². The third kappa shape index (κ3) is 8.13. The van der Waals surface area contributed by atoms with Gasteiger partial charge in [-0.15, -0.1) is 0 Å². The van der Waals surface area contributed by atoms with Crippen LogP contribution in [0, 0.1) is 11.8 Å². The minimum atomic E-state index is -2.01. The van der Waals surface area contributed by atoms with Gasteiger partial charge in [-0.05, 0) is 63.0 Å². The van der Waals surface area contributed by atoms with Gasteiger partial charge in [0.05, 0.1) is 13.2 Å². The molecule has 1 aromatic carbocycles. The zero-order chi connectivity index (χ0) is 30.0. The van der Waals surface area contributed by atoms with Crippen LogP contribution in [0.5, 0.6) is 5.75 Å². The molecule has 0 spiro atoms. The smallest absolute Gasteiger partial charge is 0.245 e. The number of carbonyl (C=O) groups excluding carboxylic acids is 2. The lowest BCUT2D eigenvalue weighted by Crippen LogP contribution is -2.54. The van der Waals surface area contributed by atoms with Crippen LogP contribution >= 0.6 is 15.9 Å². The Kier molecular flexibility index (Phi) is 10.3. The highest BCUT2D eigenvalue weighted by Gasteiger charge is 2.57. The Bertz CT molecular complexity index is 1070. The summed E-state index contributed by atoms with van der Waals surface area (Å²) < 4.78 is 25.9. The Labute approximate surface area is 255 Å². The molecule has 0 radical (unpaired) electrons. The molecule has 3 fully saturated rings. The van der Waals surface area contributed by atoms with E-state index in [4.69, 9.17) is 18.6 Å². The van der Waals surface area contributed by atoms with Crippen LogP contribution in [0.1, 0.15) is 66.7 Å². The molecule has 8 nitrogen and oxygen atoms in total. The van der Waals surface area contributed by atoms with Crippen molar-refractivity contribution in [2.75, 3.05) is 26.3 Å². The number of benzene rings is 1. The highest BCUT2D eigenvalue weighted by Crippen LogP contribution is 2.39. The Morgan fingerprint density at radius 3 is 2.51 bits per heavy atom. The van der Waals surface area contributed by atoms with Gasteiger partial charge in [0.25, 0.3) is 0 Å². The summed E-state index contributed by atoms with van der Waals surface area (Å²) in [5.41, 5.74) is 0. The second-order valence-corrected chi connectivity index (χ2v) is 19.6. The van der Waals surface area contributed by atoms with E-state index in [0.29, 0.717) is 26.3 Å². The molecular formula is C31H49BrN2O6Si. The molecular weight excluding hydrogens is 604 g/mol. The van der Waals surface area contributed by atoms with Gasteiger partial charge in [-0.3, -0.25) is 9.59 Å². The van der Waals surface area contributed by atoms with Crippen LogP contribution in [0.2, 0.25) is 18.1 Å². The average molecular weight is 654 g/mol. The molecule has 2 aliphatic heterocycles. The van der Waals surface area contributed by atoms with Crippen molar-refractivity contribution in [1.82, 2.24) is 10.2 Å². The summed E-state index contributed by atoms with van der Waals surface area (Å²) in [6, 6.07) is 7.01. The Morgan fingerprint density at radius 2 is 1.85 bits per heavy atom. The molecule has 1 aliphatic carbocycles. The molecule has 1 aromatic rings. The SMILES string of the molecule is CC1(C)O[C@H]2[C@H](CN(C(=O)C3CCCCC3)[C@@H]2C(=O)NC[C@H](COc2cccc(Br)c2)CO[Si](C)(C)C(C)(C)C)O1. The number of likely N-dealkylation sites (tertiary alicyclic amines) is 1. The molecule has 2 saturated heterocycles. The molecule has 0 unspecified atom stereocenters. The summed E-state index contributed by atoms with van der Waals surface area (Å²) in [4.78, 5) is 29.2. The standard InChI is InChI=1S/C31H49BrN2O6Si/c1-30(2,3)41(6,7)38-20-21(19-37-24-15-11-14-23(32)16-24)17-33-28(35)26-27-25(39-31(4,5)40-27)18-34(26)29(36)22-12-9-8-10-13-22/h11,14-16,21-22,25-27H,8-10,12-13,17-20H2,1-7H3,(H,33,35)/t21-,25+,26+,27+/m1/s1.